The number of methoxy groups -OCH3 is 1. The Morgan fingerprint density at radius 1 is 1.19 bits per heavy atom. The summed E-state index contributed by atoms with van der Waals surface area (Å²) < 4.78 is 19.4. The molecule has 0 bridgehead atoms. The number of nitriles is 1. The second-order valence-electron chi connectivity index (χ2n) is 7.74. The van der Waals surface area contributed by atoms with Gasteiger partial charge in [-0.1, -0.05) is 12.1 Å². The number of nitrogens with zero attached hydrogens (tertiary/aromatic N) is 6. The number of rotatable bonds is 6. The molecule has 1 saturated heterocycles. The van der Waals surface area contributed by atoms with Crippen LogP contribution < -0.4 is 15.2 Å². The molecule has 0 unspecified atom stereocenters. The van der Waals surface area contributed by atoms with Gasteiger partial charge in [0.1, 0.15) is 35.7 Å². The Morgan fingerprint density at radius 3 is 2.53 bits per heavy atom. The molecule has 4 rings (SSSR count). The zero-order chi connectivity index (χ0) is 22.7. The van der Waals surface area contributed by atoms with Gasteiger partial charge in [-0.15, -0.1) is 0 Å². The van der Waals surface area contributed by atoms with Gasteiger partial charge < -0.3 is 9.64 Å². The van der Waals surface area contributed by atoms with Crippen LogP contribution in [0, 0.1) is 18.3 Å². The third-order valence-electron chi connectivity index (χ3n) is 5.85. The van der Waals surface area contributed by atoms with Crippen LogP contribution in [0.15, 0.2) is 35.3 Å². The van der Waals surface area contributed by atoms with Crippen LogP contribution in [-0.2, 0) is 6.54 Å². The summed E-state index contributed by atoms with van der Waals surface area (Å²) in [6.45, 7) is 4.74. The van der Waals surface area contributed by atoms with Crippen LogP contribution in [0.25, 0.3) is 10.9 Å². The predicted molar refractivity (Wildman–Crippen MR) is 120 cm³/mol. The van der Waals surface area contributed by atoms with E-state index in [0.29, 0.717) is 56.4 Å². The molecule has 0 saturated carbocycles. The maximum Gasteiger partial charge on any atom is 0.263 e. The second kappa shape index (κ2) is 9.32. The lowest BCUT2D eigenvalue weighted by molar-refractivity contribution is 0.235. The van der Waals surface area contributed by atoms with Crippen molar-refractivity contribution >= 4 is 16.7 Å². The normalized spacial score (nSPS) is 14.5. The molecule has 9 heteroatoms. The number of halogens is 1. The molecule has 8 nitrogen and oxygen atoms in total. The molecule has 0 atom stereocenters. The molecule has 0 spiro atoms. The van der Waals surface area contributed by atoms with E-state index in [1.54, 1.807) is 24.8 Å². The Hall–Kier alpha value is -3.51. The van der Waals surface area contributed by atoms with Crippen molar-refractivity contribution in [3.05, 3.63) is 57.8 Å². The van der Waals surface area contributed by atoms with Crippen LogP contribution in [0.3, 0.4) is 0 Å². The molecule has 32 heavy (non-hydrogen) atoms. The van der Waals surface area contributed by atoms with Crippen molar-refractivity contribution in [2.45, 2.75) is 13.5 Å². The van der Waals surface area contributed by atoms with Gasteiger partial charge in [-0.05, 0) is 24.6 Å². The first-order chi connectivity index (χ1) is 15.5. The first-order valence-electron chi connectivity index (χ1n) is 10.5. The summed E-state index contributed by atoms with van der Waals surface area (Å²) in [6, 6.07) is 9.67. The van der Waals surface area contributed by atoms with E-state index in [1.165, 1.54) is 0 Å². The number of fused-ring (bicyclic) bond motifs is 1. The molecular weight excluding hydrogens is 411 g/mol. The van der Waals surface area contributed by atoms with Crippen molar-refractivity contribution in [3.63, 3.8) is 0 Å². The molecule has 0 radical (unpaired) electrons. The van der Waals surface area contributed by atoms with Crippen molar-refractivity contribution in [2.75, 3.05) is 51.4 Å². The summed E-state index contributed by atoms with van der Waals surface area (Å²) in [5.74, 6) is 1.78. The molecular formula is C23H25FN6O2. The van der Waals surface area contributed by atoms with Gasteiger partial charge in [-0.2, -0.15) is 5.26 Å². The van der Waals surface area contributed by atoms with E-state index in [0.717, 1.165) is 11.3 Å². The lowest BCUT2D eigenvalue weighted by Crippen LogP contribution is -2.47. The van der Waals surface area contributed by atoms with Gasteiger partial charge in [0.2, 0.25) is 0 Å². The lowest BCUT2D eigenvalue weighted by atomic mass is 10.1. The molecule has 3 heterocycles. The van der Waals surface area contributed by atoms with Gasteiger partial charge in [-0.3, -0.25) is 14.3 Å². The summed E-state index contributed by atoms with van der Waals surface area (Å²) in [6.07, 6.45) is 1.56. The van der Waals surface area contributed by atoms with E-state index in [9.17, 15) is 14.4 Å². The number of benzene rings is 1. The van der Waals surface area contributed by atoms with Gasteiger partial charge in [0.25, 0.3) is 5.56 Å². The van der Waals surface area contributed by atoms with E-state index in [1.807, 2.05) is 34.1 Å². The number of anilines is 1. The number of pyridine rings is 1. The van der Waals surface area contributed by atoms with E-state index < -0.39 is 0 Å². The minimum absolute atomic E-state index is 0.238. The zero-order valence-electron chi connectivity index (χ0n) is 18.2. The van der Waals surface area contributed by atoms with Crippen LogP contribution >= 0.6 is 0 Å². The average molecular weight is 436 g/mol. The summed E-state index contributed by atoms with van der Waals surface area (Å²) in [5, 5.41) is 10.2. The largest absolute Gasteiger partial charge is 0.497 e. The SMILES string of the molecule is COc1ccc(Cn2c(C)nc3cnc(N4CCN(CCF)CC4)c(C#N)c3c2=O)cc1. The lowest BCUT2D eigenvalue weighted by Gasteiger charge is -2.35. The minimum atomic E-state index is -0.379. The monoisotopic (exact) mass is 436 g/mol. The van der Waals surface area contributed by atoms with E-state index >= 15 is 0 Å². The predicted octanol–water partition coefficient (Wildman–Crippen LogP) is 2.12. The van der Waals surface area contributed by atoms with E-state index in [-0.39, 0.29) is 23.2 Å². The number of aromatic nitrogens is 3. The quantitative estimate of drug-likeness (QED) is 0.585. The zero-order valence-corrected chi connectivity index (χ0v) is 18.2. The van der Waals surface area contributed by atoms with Crippen molar-refractivity contribution in [2.24, 2.45) is 0 Å². The third-order valence-corrected chi connectivity index (χ3v) is 5.85. The summed E-state index contributed by atoms with van der Waals surface area (Å²) >= 11 is 0. The Balaban J connectivity index is 1.73. The molecule has 1 aliphatic heterocycles. The highest BCUT2D eigenvalue weighted by Gasteiger charge is 2.23. The van der Waals surface area contributed by atoms with Crippen LogP contribution in [-0.4, -0.2) is 65.9 Å². The van der Waals surface area contributed by atoms with E-state index in [2.05, 4.69) is 16.0 Å². The van der Waals surface area contributed by atoms with Gasteiger partial charge in [0.05, 0.1) is 30.8 Å². The minimum Gasteiger partial charge on any atom is -0.497 e. The maximum absolute atomic E-state index is 13.5. The fourth-order valence-electron chi connectivity index (χ4n) is 4.06. The smallest absolute Gasteiger partial charge is 0.263 e. The third kappa shape index (κ3) is 4.14. The van der Waals surface area contributed by atoms with Crippen molar-refractivity contribution in [3.8, 4) is 11.8 Å². The van der Waals surface area contributed by atoms with Crippen LogP contribution in [0.4, 0.5) is 10.2 Å². The summed E-state index contributed by atoms with van der Waals surface area (Å²) in [4.78, 5) is 26.5. The maximum atomic E-state index is 13.5. The number of ether oxygens (including phenoxy) is 1. The summed E-state index contributed by atoms with van der Waals surface area (Å²) in [5.41, 5.74) is 1.31. The highest BCUT2D eigenvalue weighted by molar-refractivity contribution is 5.87. The van der Waals surface area contributed by atoms with Gasteiger partial charge >= 0.3 is 0 Å². The molecule has 0 amide bonds. The summed E-state index contributed by atoms with van der Waals surface area (Å²) in [7, 11) is 1.60. The fourth-order valence-corrected chi connectivity index (χ4v) is 4.06. The van der Waals surface area contributed by atoms with Gasteiger partial charge in [-0.25, -0.2) is 14.4 Å². The molecule has 0 N–H and O–H groups in total. The number of hydrogen-bond donors (Lipinski definition) is 0. The highest BCUT2D eigenvalue weighted by Crippen LogP contribution is 2.24. The van der Waals surface area contributed by atoms with Gasteiger partial charge in [0, 0.05) is 32.7 Å². The van der Waals surface area contributed by atoms with Crippen LogP contribution in [0.1, 0.15) is 17.0 Å². The Kier molecular flexibility index (Phi) is 6.32. The van der Waals surface area contributed by atoms with Crippen molar-refractivity contribution in [1.82, 2.24) is 19.4 Å². The molecule has 1 aromatic carbocycles. The standard InChI is InChI=1S/C23H25FN6O2/c1-16-27-20-14-26-22(29-11-9-28(8-7-24)10-12-29)19(13-25)21(20)23(31)30(16)15-17-3-5-18(32-2)6-4-17/h3-6,14H,7-12,15H2,1-2H3. The topological polar surface area (TPSA) is 87.3 Å². The molecule has 0 aliphatic carbocycles. The fraction of sp³-hybridized carbons (Fsp3) is 0.391. The second-order valence-corrected chi connectivity index (χ2v) is 7.74. The first-order valence-corrected chi connectivity index (χ1v) is 10.5. The molecule has 166 valence electrons. The Morgan fingerprint density at radius 2 is 1.91 bits per heavy atom. The average Bonchev–Trinajstić information content (AvgIpc) is 2.82. The van der Waals surface area contributed by atoms with E-state index in [4.69, 9.17) is 4.74 Å². The van der Waals surface area contributed by atoms with Crippen LogP contribution in [0.5, 0.6) is 5.75 Å². The molecule has 3 aromatic rings. The highest BCUT2D eigenvalue weighted by atomic mass is 19.1. The molecule has 2 aromatic heterocycles. The Labute approximate surface area is 185 Å². The Bertz CT molecular complexity index is 1210. The van der Waals surface area contributed by atoms with Crippen LogP contribution in [0.2, 0.25) is 0 Å². The number of aryl methyl sites for hydroxylation is 1. The number of piperazine rings is 1. The molecule has 1 aliphatic rings. The van der Waals surface area contributed by atoms with Crippen molar-refractivity contribution in [1.29, 1.82) is 5.26 Å². The molecule has 1 fully saturated rings. The first kappa shape index (κ1) is 21.7. The number of hydrogen-bond acceptors (Lipinski definition) is 7. The van der Waals surface area contributed by atoms with Gasteiger partial charge in [0.15, 0.2) is 0 Å². The van der Waals surface area contributed by atoms with Crippen molar-refractivity contribution < 1.29 is 9.13 Å². The number of alkyl halides is 1.